The zero-order chi connectivity index (χ0) is 20.4. The molecule has 0 heterocycles. The molecule has 1 saturated carbocycles. The van der Waals surface area contributed by atoms with E-state index < -0.39 is 0 Å². The van der Waals surface area contributed by atoms with E-state index in [0.717, 1.165) is 42.8 Å². The molecule has 1 aliphatic carbocycles. The number of hydrogen-bond donors (Lipinski definition) is 2. The largest absolute Gasteiger partial charge is 0.493 e. The molecule has 28 heavy (non-hydrogen) atoms. The Morgan fingerprint density at radius 3 is 2.75 bits per heavy atom. The van der Waals surface area contributed by atoms with Crippen LogP contribution in [-0.4, -0.2) is 63.4 Å². The molecule has 0 amide bonds. The number of aryl methyl sites for hydroxylation is 1. The van der Waals surface area contributed by atoms with Crippen molar-refractivity contribution in [1.29, 1.82) is 0 Å². The highest BCUT2D eigenvalue weighted by molar-refractivity contribution is 5.79. The number of methoxy groups -OCH3 is 1. The van der Waals surface area contributed by atoms with Crippen molar-refractivity contribution in [2.45, 2.75) is 58.7 Å². The predicted octanol–water partition coefficient (Wildman–Crippen LogP) is 2.95. The number of nitrogens with one attached hydrogen (secondary N) is 2. The van der Waals surface area contributed by atoms with Crippen LogP contribution in [0.2, 0.25) is 0 Å². The minimum Gasteiger partial charge on any atom is -0.493 e. The molecule has 1 unspecified atom stereocenters. The quantitative estimate of drug-likeness (QED) is 0.326. The average Bonchev–Trinajstić information content (AvgIpc) is 3.53. The van der Waals surface area contributed by atoms with Gasteiger partial charge in [-0.1, -0.05) is 12.1 Å². The van der Waals surface area contributed by atoms with Crippen molar-refractivity contribution >= 4 is 5.96 Å². The molecule has 1 fully saturated rings. The minimum atomic E-state index is 0.482. The smallest absolute Gasteiger partial charge is 0.191 e. The number of aliphatic imine (C=N–C) groups is 1. The zero-order valence-electron chi connectivity index (χ0n) is 18.3. The number of benzene rings is 1. The molecule has 2 rings (SSSR count). The van der Waals surface area contributed by atoms with Gasteiger partial charge in [-0.3, -0.25) is 4.90 Å². The van der Waals surface area contributed by atoms with Crippen LogP contribution in [0.4, 0.5) is 0 Å². The van der Waals surface area contributed by atoms with Gasteiger partial charge in [-0.15, -0.1) is 0 Å². The number of hydrogen-bond acceptors (Lipinski definition) is 4. The fourth-order valence-electron chi connectivity index (χ4n) is 3.05. The van der Waals surface area contributed by atoms with E-state index in [2.05, 4.69) is 61.6 Å². The van der Waals surface area contributed by atoms with E-state index in [0.29, 0.717) is 25.8 Å². The van der Waals surface area contributed by atoms with Crippen molar-refractivity contribution in [3.8, 4) is 5.75 Å². The Hall–Kier alpha value is -1.79. The van der Waals surface area contributed by atoms with E-state index in [-0.39, 0.29) is 0 Å². The monoisotopic (exact) mass is 390 g/mol. The first-order chi connectivity index (χ1) is 13.5. The molecule has 1 atom stereocenters. The summed E-state index contributed by atoms with van der Waals surface area (Å²) in [5, 5.41) is 6.83. The zero-order valence-corrected chi connectivity index (χ0v) is 18.3. The normalized spacial score (nSPS) is 15.6. The molecule has 1 aromatic rings. The molecule has 0 aliphatic heterocycles. The van der Waals surface area contributed by atoms with E-state index >= 15 is 0 Å². The van der Waals surface area contributed by atoms with Gasteiger partial charge in [-0.2, -0.15) is 0 Å². The van der Waals surface area contributed by atoms with Crippen molar-refractivity contribution < 1.29 is 9.47 Å². The molecule has 158 valence electrons. The summed E-state index contributed by atoms with van der Waals surface area (Å²) in [5.74, 6) is 1.77. The van der Waals surface area contributed by atoms with Gasteiger partial charge in [0.05, 0.1) is 13.2 Å². The third-order valence-electron chi connectivity index (χ3n) is 5.11. The van der Waals surface area contributed by atoms with Gasteiger partial charge < -0.3 is 20.1 Å². The molecule has 0 spiro atoms. The van der Waals surface area contributed by atoms with Gasteiger partial charge in [0.25, 0.3) is 0 Å². The fourth-order valence-corrected chi connectivity index (χ4v) is 3.05. The van der Waals surface area contributed by atoms with E-state index in [9.17, 15) is 0 Å². The highest BCUT2D eigenvalue weighted by Gasteiger charge is 2.28. The van der Waals surface area contributed by atoms with Crippen molar-refractivity contribution in [2.75, 3.05) is 40.5 Å². The summed E-state index contributed by atoms with van der Waals surface area (Å²) in [4.78, 5) is 7.24. The Balaban J connectivity index is 1.94. The number of guanidine groups is 1. The van der Waals surface area contributed by atoms with Crippen molar-refractivity contribution in [1.82, 2.24) is 15.5 Å². The predicted molar refractivity (Wildman–Crippen MR) is 116 cm³/mol. The standard InChI is InChI=1S/C22H38N4O2/c1-6-23-22(24-15-18(3)26(4)20-10-11-20)25-16-19-9-8-17(2)14-21(19)28-13-7-12-27-5/h8-9,14,18,20H,6-7,10-13,15-16H2,1-5H3,(H2,23,24,25). The van der Waals surface area contributed by atoms with Crippen LogP contribution in [-0.2, 0) is 11.3 Å². The van der Waals surface area contributed by atoms with E-state index in [1.165, 1.54) is 18.4 Å². The summed E-state index contributed by atoms with van der Waals surface area (Å²) in [6.07, 6.45) is 3.54. The van der Waals surface area contributed by atoms with E-state index in [1.807, 2.05) is 0 Å². The Morgan fingerprint density at radius 2 is 2.07 bits per heavy atom. The summed E-state index contributed by atoms with van der Waals surface area (Å²) in [6.45, 7) is 10.1. The lowest BCUT2D eigenvalue weighted by molar-refractivity contribution is 0.172. The summed E-state index contributed by atoms with van der Waals surface area (Å²) in [7, 11) is 3.93. The number of rotatable bonds is 12. The van der Waals surface area contributed by atoms with Gasteiger partial charge in [-0.25, -0.2) is 4.99 Å². The molecule has 1 aliphatic rings. The SMILES string of the molecule is CCNC(=NCc1ccc(C)cc1OCCCOC)NCC(C)N(C)C1CC1. The van der Waals surface area contributed by atoms with Gasteiger partial charge in [-0.05, 0) is 52.3 Å². The first-order valence-corrected chi connectivity index (χ1v) is 10.5. The van der Waals surface area contributed by atoms with Crippen LogP contribution < -0.4 is 15.4 Å². The lowest BCUT2D eigenvalue weighted by Gasteiger charge is -2.25. The third-order valence-corrected chi connectivity index (χ3v) is 5.11. The molecule has 0 radical (unpaired) electrons. The van der Waals surface area contributed by atoms with E-state index in [1.54, 1.807) is 7.11 Å². The van der Waals surface area contributed by atoms with E-state index in [4.69, 9.17) is 14.5 Å². The van der Waals surface area contributed by atoms with Gasteiger partial charge >= 0.3 is 0 Å². The van der Waals surface area contributed by atoms with Crippen LogP contribution in [0.15, 0.2) is 23.2 Å². The van der Waals surface area contributed by atoms with Crippen LogP contribution in [0.5, 0.6) is 5.75 Å². The van der Waals surface area contributed by atoms with Crippen LogP contribution in [0.1, 0.15) is 44.2 Å². The summed E-state index contributed by atoms with van der Waals surface area (Å²) >= 11 is 0. The number of nitrogens with zero attached hydrogens (tertiary/aromatic N) is 2. The highest BCUT2D eigenvalue weighted by Crippen LogP contribution is 2.26. The lowest BCUT2D eigenvalue weighted by Crippen LogP contribution is -2.45. The van der Waals surface area contributed by atoms with Gasteiger partial charge in [0.2, 0.25) is 0 Å². The Kier molecular flexibility index (Phi) is 9.58. The molecular formula is C22H38N4O2. The second-order valence-electron chi connectivity index (χ2n) is 7.63. The van der Waals surface area contributed by atoms with Gasteiger partial charge in [0.1, 0.15) is 5.75 Å². The lowest BCUT2D eigenvalue weighted by atomic mass is 10.1. The van der Waals surface area contributed by atoms with Gasteiger partial charge in [0.15, 0.2) is 5.96 Å². The second-order valence-corrected chi connectivity index (χ2v) is 7.63. The van der Waals surface area contributed by atoms with Crippen molar-refractivity contribution in [3.63, 3.8) is 0 Å². The molecule has 0 aromatic heterocycles. The molecule has 2 N–H and O–H groups in total. The summed E-state index contributed by atoms with van der Waals surface area (Å²) < 4.78 is 11.1. The Morgan fingerprint density at radius 1 is 1.29 bits per heavy atom. The Bertz CT molecular complexity index is 617. The Labute approximate surface area is 170 Å². The topological polar surface area (TPSA) is 58.1 Å². The maximum Gasteiger partial charge on any atom is 0.191 e. The maximum atomic E-state index is 5.98. The minimum absolute atomic E-state index is 0.482. The second kappa shape index (κ2) is 11.9. The fraction of sp³-hybridized carbons (Fsp3) is 0.682. The molecular weight excluding hydrogens is 352 g/mol. The molecule has 6 nitrogen and oxygen atoms in total. The maximum absolute atomic E-state index is 5.98. The van der Waals surface area contributed by atoms with Crippen molar-refractivity contribution in [3.05, 3.63) is 29.3 Å². The molecule has 6 heteroatoms. The van der Waals surface area contributed by atoms with Crippen molar-refractivity contribution in [2.24, 2.45) is 4.99 Å². The first kappa shape index (κ1) is 22.5. The van der Waals surface area contributed by atoms with Crippen LogP contribution in [0.25, 0.3) is 0 Å². The third kappa shape index (κ3) is 7.68. The van der Waals surface area contributed by atoms with Gasteiger partial charge in [0, 0.05) is 50.9 Å². The van der Waals surface area contributed by atoms with Crippen LogP contribution in [0.3, 0.4) is 0 Å². The summed E-state index contributed by atoms with van der Waals surface area (Å²) in [6, 6.07) is 7.55. The highest BCUT2D eigenvalue weighted by atomic mass is 16.5. The molecule has 0 bridgehead atoms. The number of ether oxygens (including phenoxy) is 2. The average molecular weight is 391 g/mol. The number of likely N-dealkylation sites (N-methyl/N-ethyl adjacent to an activating group) is 1. The molecule has 1 aromatic carbocycles. The molecule has 0 saturated heterocycles. The van der Waals surface area contributed by atoms with Crippen LogP contribution in [0, 0.1) is 6.92 Å². The van der Waals surface area contributed by atoms with Crippen LogP contribution >= 0.6 is 0 Å². The summed E-state index contributed by atoms with van der Waals surface area (Å²) in [5.41, 5.74) is 2.29. The first-order valence-electron chi connectivity index (χ1n) is 10.5.